The lowest BCUT2D eigenvalue weighted by Gasteiger charge is -2.11. The molecule has 146 valence electrons. The summed E-state index contributed by atoms with van der Waals surface area (Å²) < 4.78 is 24.5. The molecule has 0 aliphatic rings. The summed E-state index contributed by atoms with van der Waals surface area (Å²) in [4.78, 5) is 4.37. The van der Waals surface area contributed by atoms with E-state index in [9.17, 15) is 4.39 Å². The third-order valence-electron chi connectivity index (χ3n) is 3.51. The second-order valence-corrected chi connectivity index (χ2v) is 5.53. The first-order chi connectivity index (χ1) is 12.7. The summed E-state index contributed by atoms with van der Waals surface area (Å²) in [6, 6.07) is 9.97. The quantitative estimate of drug-likeness (QED) is 0.245. The minimum Gasteiger partial charge on any atom is -0.467 e. The molecule has 0 bridgehead atoms. The number of nitrogens with one attached hydrogen (secondary N) is 2. The molecule has 0 amide bonds. The van der Waals surface area contributed by atoms with E-state index >= 15 is 0 Å². The zero-order valence-electron chi connectivity index (χ0n) is 15.2. The predicted molar refractivity (Wildman–Crippen MR) is 112 cm³/mol. The number of halogens is 2. The van der Waals surface area contributed by atoms with Gasteiger partial charge in [0, 0.05) is 25.3 Å². The highest BCUT2D eigenvalue weighted by Gasteiger charge is 2.04. The Bertz CT molecular complexity index is 745. The third kappa shape index (κ3) is 8.41. The second-order valence-electron chi connectivity index (χ2n) is 5.53. The van der Waals surface area contributed by atoms with E-state index in [1.165, 1.54) is 18.2 Å². The smallest absolute Gasteiger partial charge is 0.191 e. The molecular formula is C19H24FIN4O2. The first kappa shape index (κ1) is 22.9. The Kier molecular flexibility index (Phi) is 11.1. The van der Waals surface area contributed by atoms with Gasteiger partial charge in [0.1, 0.15) is 18.2 Å². The fourth-order valence-corrected chi connectivity index (χ4v) is 2.22. The maximum absolute atomic E-state index is 13.8. The SMILES string of the molecule is CCNC(=NCc1cc(C#N)ccc1F)NCCCOCc1ccco1.I. The van der Waals surface area contributed by atoms with E-state index in [1.54, 1.807) is 6.26 Å². The van der Waals surface area contributed by atoms with Crippen LogP contribution in [0.3, 0.4) is 0 Å². The maximum Gasteiger partial charge on any atom is 0.191 e. The predicted octanol–water partition coefficient (Wildman–Crippen LogP) is 3.57. The van der Waals surface area contributed by atoms with Gasteiger partial charge in [-0.15, -0.1) is 24.0 Å². The molecule has 1 aromatic heterocycles. The van der Waals surface area contributed by atoms with E-state index in [-0.39, 0.29) is 36.3 Å². The summed E-state index contributed by atoms with van der Waals surface area (Å²) in [5.41, 5.74) is 0.811. The minimum atomic E-state index is -0.366. The van der Waals surface area contributed by atoms with E-state index in [1.807, 2.05) is 25.1 Å². The van der Waals surface area contributed by atoms with Crippen LogP contribution < -0.4 is 10.6 Å². The number of aliphatic imine (C=N–C) groups is 1. The monoisotopic (exact) mass is 486 g/mol. The standard InChI is InChI=1S/C19H23FN4O2.HI/c1-2-22-19(23-8-4-9-25-14-17-5-3-10-26-17)24-13-16-11-15(12-21)6-7-18(16)20;/h3,5-7,10-11H,2,4,8-9,13-14H2,1H3,(H2,22,23,24);1H. The van der Waals surface area contributed by atoms with Crippen LogP contribution in [0.5, 0.6) is 0 Å². The van der Waals surface area contributed by atoms with Crippen LogP contribution in [0, 0.1) is 17.1 Å². The molecule has 1 aromatic carbocycles. The van der Waals surface area contributed by atoms with Crippen molar-refractivity contribution in [3.05, 3.63) is 59.3 Å². The molecule has 1 heterocycles. The molecule has 0 fully saturated rings. The van der Waals surface area contributed by atoms with Crippen molar-refractivity contribution < 1.29 is 13.5 Å². The lowest BCUT2D eigenvalue weighted by Crippen LogP contribution is -2.38. The van der Waals surface area contributed by atoms with Crippen LogP contribution in [-0.4, -0.2) is 25.7 Å². The van der Waals surface area contributed by atoms with E-state index in [0.717, 1.165) is 12.2 Å². The van der Waals surface area contributed by atoms with Gasteiger partial charge in [0.25, 0.3) is 0 Å². The van der Waals surface area contributed by atoms with Gasteiger partial charge in [-0.05, 0) is 43.7 Å². The minimum absolute atomic E-state index is 0. The first-order valence-electron chi connectivity index (χ1n) is 8.53. The van der Waals surface area contributed by atoms with Crippen molar-refractivity contribution in [2.24, 2.45) is 4.99 Å². The number of hydrogen-bond acceptors (Lipinski definition) is 4. The summed E-state index contributed by atoms with van der Waals surface area (Å²) in [6.45, 7) is 4.53. The van der Waals surface area contributed by atoms with Crippen LogP contribution in [0.2, 0.25) is 0 Å². The lowest BCUT2D eigenvalue weighted by molar-refractivity contribution is 0.105. The molecule has 0 spiro atoms. The number of hydrogen-bond donors (Lipinski definition) is 2. The summed E-state index contributed by atoms with van der Waals surface area (Å²) in [5, 5.41) is 15.2. The van der Waals surface area contributed by atoms with Gasteiger partial charge in [0.15, 0.2) is 5.96 Å². The van der Waals surface area contributed by atoms with Crippen LogP contribution in [0.25, 0.3) is 0 Å². The van der Waals surface area contributed by atoms with Crippen molar-refractivity contribution in [2.75, 3.05) is 19.7 Å². The largest absolute Gasteiger partial charge is 0.467 e. The molecule has 0 aliphatic carbocycles. The van der Waals surface area contributed by atoms with Crippen molar-refractivity contribution >= 4 is 29.9 Å². The number of ether oxygens (including phenoxy) is 1. The Morgan fingerprint density at radius 3 is 2.89 bits per heavy atom. The fraction of sp³-hybridized carbons (Fsp3) is 0.368. The molecule has 2 rings (SSSR count). The fourth-order valence-electron chi connectivity index (χ4n) is 2.22. The Hall–Kier alpha value is -2.12. The molecular weight excluding hydrogens is 462 g/mol. The topological polar surface area (TPSA) is 82.6 Å². The van der Waals surface area contributed by atoms with E-state index in [2.05, 4.69) is 15.6 Å². The molecule has 8 heteroatoms. The molecule has 0 aliphatic heterocycles. The van der Waals surface area contributed by atoms with Gasteiger partial charge in [-0.25, -0.2) is 9.38 Å². The van der Waals surface area contributed by atoms with Crippen LogP contribution in [0.1, 0.15) is 30.2 Å². The van der Waals surface area contributed by atoms with Crippen molar-refractivity contribution in [1.82, 2.24) is 10.6 Å². The third-order valence-corrected chi connectivity index (χ3v) is 3.51. The maximum atomic E-state index is 13.8. The number of benzene rings is 1. The number of nitriles is 1. The summed E-state index contributed by atoms with van der Waals surface area (Å²) in [6.07, 6.45) is 2.41. The van der Waals surface area contributed by atoms with E-state index < -0.39 is 0 Å². The molecule has 0 saturated heterocycles. The number of nitrogens with zero attached hydrogens (tertiary/aromatic N) is 2. The Morgan fingerprint density at radius 2 is 2.19 bits per heavy atom. The normalized spacial score (nSPS) is 10.8. The summed E-state index contributed by atoms with van der Waals surface area (Å²) in [7, 11) is 0. The van der Waals surface area contributed by atoms with Crippen molar-refractivity contribution in [3.63, 3.8) is 0 Å². The molecule has 0 unspecified atom stereocenters. The van der Waals surface area contributed by atoms with Gasteiger partial charge in [-0.2, -0.15) is 5.26 Å². The number of furan rings is 1. The van der Waals surface area contributed by atoms with Crippen molar-refractivity contribution in [1.29, 1.82) is 5.26 Å². The average molecular weight is 486 g/mol. The second kappa shape index (κ2) is 13.1. The van der Waals surface area contributed by atoms with Crippen molar-refractivity contribution in [3.8, 4) is 6.07 Å². The molecule has 6 nitrogen and oxygen atoms in total. The van der Waals surface area contributed by atoms with Gasteiger partial charge in [-0.1, -0.05) is 0 Å². The molecule has 0 radical (unpaired) electrons. The van der Waals surface area contributed by atoms with Gasteiger partial charge in [-0.3, -0.25) is 0 Å². The van der Waals surface area contributed by atoms with Gasteiger partial charge in [0.05, 0.1) is 24.4 Å². The summed E-state index contributed by atoms with van der Waals surface area (Å²) in [5.74, 6) is 1.03. The molecule has 0 saturated carbocycles. The highest BCUT2D eigenvalue weighted by Crippen LogP contribution is 2.11. The Balaban J connectivity index is 0.00000364. The number of rotatable bonds is 9. The van der Waals surface area contributed by atoms with E-state index in [0.29, 0.717) is 43.4 Å². The van der Waals surface area contributed by atoms with Gasteiger partial charge in [0.2, 0.25) is 0 Å². The van der Waals surface area contributed by atoms with Gasteiger partial charge < -0.3 is 19.8 Å². The first-order valence-corrected chi connectivity index (χ1v) is 8.53. The average Bonchev–Trinajstić information content (AvgIpc) is 3.17. The summed E-state index contributed by atoms with van der Waals surface area (Å²) >= 11 is 0. The van der Waals surface area contributed by atoms with Crippen molar-refractivity contribution in [2.45, 2.75) is 26.5 Å². The highest BCUT2D eigenvalue weighted by molar-refractivity contribution is 14.0. The molecule has 0 atom stereocenters. The van der Waals surface area contributed by atoms with Crippen LogP contribution in [0.15, 0.2) is 46.0 Å². The molecule has 2 N–H and O–H groups in total. The van der Waals surface area contributed by atoms with Crippen LogP contribution in [-0.2, 0) is 17.9 Å². The zero-order valence-corrected chi connectivity index (χ0v) is 17.5. The van der Waals surface area contributed by atoms with E-state index in [4.69, 9.17) is 14.4 Å². The van der Waals surface area contributed by atoms with Gasteiger partial charge >= 0.3 is 0 Å². The van der Waals surface area contributed by atoms with Crippen LogP contribution >= 0.6 is 24.0 Å². The highest BCUT2D eigenvalue weighted by atomic mass is 127. The lowest BCUT2D eigenvalue weighted by atomic mass is 10.1. The molecule has 2 aromatic rings. The Morgan fingerprint density at radius 1 is 1.33 bits per heavy atom. The van der Waals surface area contributed by atoms with Crippen LogP contribution in [0.4, 0.5) is 4.39 Å². The number of guanidine groups is 1. The zero-order chi connectivity index (χ0) is 18.6. The molecule has 27 heavy (non-hydrogen) atoms. The Labute approximate surface area is 175 Å².